The van der Waals surface area contributed by atoms with Crippen molar-refractivity contribution in [3.63, 3.8) is 0 Å². The van der Waals surface area contributed by atoms with Gasteiger partial charge >= 0.3 is 0 Å². The largest absolute Gasteiger partial charge is 0.494 e. The molecule has 0 aliphatic carbocycles. The number of carbonyl (C=O) groups excluding carboxylic acids is 1. The Bertz CT molecular complexity index is 641. The average molecular weight is 262 g/mol. The highest BCUT2D eigenvalue weighted by molar-refractivity contribution is 6.11. The molecule has 0 radical (unpaired) electrons. The zero-order chi connectivity index (χ0) is 14.2. The quantitative estimate of drug-likeness (QED) is 0.794. The molecular formula is C15H15FO3. The Morgan fingerprint density at radius 2 is 1.89 bits per heavy atom. The molecular weight excluding hydrogens is 247 g/mol. The van der Waals surface area contributed by atoms with E-state index in [9.17, 15) is 9.18 Å². The molecule has 0 saturated carbocycles. The second kappa shape index (κ2) is 4.88. The first kappa shape index (κ1) is 13.3. The number of benzene rings is 1. The van der Waals surface area contributed by atoms with Crippen molar-refractivity contribution in [3.8, 4) is 5.75 Å². The molecule has 4 heteroatoms. The fraction of sp³-hybridized carbons (Fsp3) is 0.267. The van der Waals surface area contributed by atoms with E-state index in [1.54, 1.807) is 26.8 Å². The maximum atomic E-state index is 14.1. The minimum atomic E-state index is -0.646. The fourth-order valence-corrected chi connectivity index (χ4v) is 2.11. The highest BCUT2D eigenvalue weighted by Gasteiger charge is 2.23. The number of aryl methyl sites for hydroxylation is 2. The minimum absolute atomic E-state index is 0.00801. The van der Waals surface area contributed by atoms with Gasteiger partial charge in [0.05, 0.1) is 18.2 Å². The van der Waals surface area contributed by atoms with Crippen molar-refractivity contribution in [2.24, 2.45) is 0 Å². The van der Waals surface area contributed by atoms with Crippen molar-refractivity contribution in [2.75, 3.05) is 7.11 Å². The number of methoxy groups -OCH3 is 1. The van der Waals surface area contributed by atoms with Crippen LogP contribution in [0.4, 0.5) is 4.39 Å². The van der Waals surface area contributed by atoms with E-state index in [0.717, 1.165) is 5.56 Å². The van der Waals surface area contributed by atoms with Crippen LogP contribution >= 0.6 is 0 Å². The van der Waals surface area contributed by atoms with Gasteiger partial charge in [0.2, 0.25) is 0 Å². The second-order valence-electron chi connectivity index (χ2n) is 4.37. The maximum absolute atomic E-state index is 14.1. The Balaban J connectivity index is 2.56. The van der Waals surface area contributed by atoms with Crippen LogP contribution in [0.15, 0.2) is 22.6 Å². The summed E-state index contributed by atoms with van der Waals surface area (Å²) in [5.41, 5.74) is 1.15. The van der Waals surface area contributed by atoms with Crippen LogP contribution in [0.25, 0.3) is 0 Å². The standard InChI is InChI=1S/C15H15FO3/c1-8-9(2)19-10(3)13(8)15(17)11-6-5-7-12(18-4)14(11)16/h5-7H,1-4H3. The van der Waals surface area contributed by atoms with E-state index in [1.165, 1.54) is 19.2 Å². The van der Waals surface area contributed by atoms with Gasteiger partial charge in [0.1, 0.15) is 11.5 Å². The van der Waals surface area contributed by atoms with Crippen LogP contribution in [-0.4, -0.2) is 12.9 Å². The third kappa shape index (κ3) is 2.14. The lowest BCUT2D eigenvalue weighted by atomic mass is 9.99. The lowest BCUT2D eigenvalue weighted by Crippen LogP contribution is -2.07. The van der Waals surface area contributed by atoms with E-state index in [-0.39, 0.29) is 17.1 Å². The molecule has 0 atom stereocenters. The van der Waals surface area contributed by atoms with E-state index >= 15 is 0 Å². The Labute approximate surface area is 111 Å². The molecule has 0 aliphatic rings. The summed E-state index contributed by atoms with van der Waals surface area (Å²) in [4.78, 5) is 12.4. The summed E-state index contributed by atoms with van der Waals surface area (Å²) in [5.74, 6) is 0.198. The summed E-state index contributed by atoms with van der Waals surface area (Å²) >= 11 is 0. The van der Waals surface area contributed by atoms with E-state index < -0.39 is 5.82 Å². The first-order valence-electron chi connectivity index (χ1n) is 5.91. The predicted molar refractivity (Wildman–Crippen MR) is 69.3 cm³/mol. The number of ether oxygens (including phenoxy) is 1. The Morgan fingerprint density at radius 3 is 2.42 bits per heavy atom. The molecule has 0 fully saturated rings. The topological polar surface area (TPSA) is 39.4 Å². The zero-order valence-electron chi connectivity index (χ0n) is 11.3. The summed E-state index contributed by atoms with van der Waals surface area (Å²) in [7, 11) is 1.37. The number of hydrogen-bond donors (Lipinski definition) is 0. The smallest absolute Gasteiger partial charge is 0.199 e. The highest BCUT2D eigenvalue weighted by atomic mass is 19.1. The molecule has 2 aromatic rings. The molecule has 0 amide bonds. The number of rotatable bonds is 3. The summed E-state index contributed by atoms with van der Waals surface area (Å²) < 4.78 is 24.4. The van der Waals surface area contributed by atoms with Crippen molar-refractivity contribution < 1.29 is 18.3 Å². The fourth-order valence-electron chi connectivity index (χ4n) is 2.11. The lowest BCUT2D eigenvalue weighted by Gasteiger charge is -2.06. The molecule has 0 spiro atoms. The van der Waals surface area contributed by atoms with Crippen molar-refractivity contribution in [2.45, 2.75) is 20.8 Å². The van der Waals surface area contributed by atoms with Gasteiger partial charge < -0.3 is 9.15 Å². The molecule has 19 heavy (non-hydrogen) atoms. The van der Waals surface area contributed by atoms with Gasteiger partial charge in [-0.25, -0.2) is 4.39 Å². The highest BCUT2D eigenvalue weighted by Crippen LogP contribution is 2.27. The van der Waals surface area contributed by atoms with E-state index in [1.807, 2.05) is 0 Å². The van der Waals surface area contributed by atoms with Crippen LogP contribution in [0, 0.1) is 26.6 Å². The predicted octanol–water partition coefficient (Wildman–Crippen LogP) is 3.58. The van der Waals surface area contributed by atoms with Gasteiger partial charge in [0.25, 0.3) is 0 Å². The summed E-state index contributed by atoms with van der Waals surface area (Å²) in [6, 6.07) is 4.51. The average Bonchev–Trinajstić information content (AvgIpc) is 2.63. The summed E-state index contributed by atoms with van der Waals surface area (Å²) in [6.07, 6.45) is 0. The van der Waals surface area contributed by atoms with Crippen molar-refractivity contribution >= 4 is 5.78 Å². The van der Waals surface area contributed by atoms with Crippen LogP contribution in [-0.2, 0) is 0 Å². The molecule has 0 unspecified atom stereocenters. The van der Waals surface area contributed by atoms with Gasteiger partial charge in [0, 0.05) is 5.56 Å². The van der Waals surface area contributed by atoms with Crippen LogP contribution < -0.4 is 4.74 Å². The lowest BCUT2D eigenvalue weighted by molar-refractivity contribution is 0.103. The minimum Gasteiger partial charge on any atom is -0.494 e. The van der Waals surface area contributed by atoms with Gasteiger partial charge in [-0.3, -0.25) is 4.79 Å². The third-order valence-electron chi connectivity index (χ3n) is 3.22. The molecule has 1 aromatic heterocycles. The number of hydrogen-bond acceptors (Lipinski definition) is 3. The molecule has 100 valence electrons. The van der Waals surface area contributed by atoms with Crippen LogP contribution in [0.2, 0.25) is 0 Å². The second-order valence-corrected chi connectivity index (χ2v) is 4.37. The monoisotopic (exact) mass is 262 g/mol. The van der Waals surface area contributed by atoms with Gasteiger partial charge in [-0.05, 0) is 32.9 Å². The molecule has 0 saturated heterocycles. The molecule has 0 aliphatic heterocycles. The SMILES string of the molecule is COc1cccc(C(=O)c2c(C)oc(C)c2C)c1F. The van der Waals surface area contributed by atoms with Crippen molar-refractivity contribution in [1.29, 1.82) is 0 Å². The molecule has 1 heterocycles. The van der Waals surface area contributed by atoms with Crippen LogP contribution in [0.3, 0.4) is 0 Å². The molecule has 0 N–H and O–H groups in total. The van der Waals surface area contributed by atoms with Gasteiger partial charge in [-0.15, -0.1) is 0 Å². The Kier molecular flexibility index (Phi) is 3.42. The van der Waals surface area contributed by atoms with Gasteiger partial charge in [-0.1, -0.05) is 6.07 Å². The summed E-state index contributed by atoms with van der Waals surface area (Å²) in [5, 5.41) is 0. The first-order valence-corrected chi connectivity index (χ1v) is 5.91. The number of ketones is 1. The van der Waals surface area contributed by atoms with Crippen molar-refractivity contribution in [1.82, 2.24) is 0 Å². The van der Waals surface area contributed by atoms with Crippen molar-refractivity contribution in [3.05, 3.63) is 52.2 Å². The van der Waals surface area contributed by atoms with Crippen LogP contribution in [0.5, 0.6) is 5.75 Å². The van der Waals surface area contributed by atoms with Gasteiger partial charge in [-0.2, -0.15) is 0 Å². The number of carbonyl (C=O) groups is 1. The number of halogens is 1. The molecule has 1 aromatic carbocycles. The molecule has 3 nitrogen and oxygen atoms in total. The van der Waals surface area contributed by atoms with E-state index in [4.69, 9.17) is 9.15 Å². The third-order valence-corrected chi connectivity index (χ3v) is 3.22. The van der Waals surface area contributed by atoms with E-state index in [2.05, 4.69) is 0 Å². The summed E-state index contributed by atoms with van der Waals surface area (Å²) in [6.45, 7) is 5.27. The Morgan fingerprint density at radius 1 is 1.21 bits per heavy atom. The number of furan rings is 1. The first-order chi connectivity index (χ1) is 8.97. The van der Waals surface area contributed by atoms with E-state index in [0.29, 0.717) is 17.1 Å². The Hall–Kier alpha value is -2.10. The van der Waals surface area contributed by atoms with Gasteiger partial charge in [0.15, 0.2) is 17.3 Å². The normalized spacial score (nSPS) is 10.6. The van der Waals surface area contributed by atoms with Crippen LogP contribution in [0.1, 0.15) is 33.0 Å². The molecule has 0 bridgehead atoms. The zero-order valence-corrected chi connectivity index (χ0v) is 11.3. The molecule has 2 rings (SSSR count). The maximum Gasteiger partial charge on any atom is 0.199 e.